The van der Waals surface area contributed by atoms with E-state index in [0.29, 0.717) is 16.8 Å². The molecule has 0 saturated carbocycles. The number of carbonyl (C=O) groups is 1. The Morgan fingerprint density at radius 1 is 1.38 bits per heavy atom. The van der Waals surface area contributed by atoms with Crippen LogP contribution < -0.4 is 10.1 Å². The van der Waals surface area contributed by atoms with E-state index in [1.807, 2.05) is 24.3 Å². The van der Waals surface area contributed by atoms with Crippen molar-refractivity contribution in [2.45, 2.75) is 19.6 Å². The number of ether oxygens (including phenoxy) is 1. The number of aromatic nitrogens is 1. The third kappa shape index (κ3) is 3.91. The second kappa shape index (κ2) is 7.27. The quantitative estimate of drug-likeness (QED) is 0.685. The van der Waals surface area contributed by atoms with E-state index in [1.165, 1.54) is 18.2 Å². The molecule has 1 N–H and O–H groups in total. The molecule has 0 spiro atoms. The number of para-hydroxylation sites is 1. The lowest BCUT2D eigenvalue weighted by molar-refractivity contribution is -0.127. The number of hydrogen-bond acceptors (Lipinski definition) is 4. The fraction of sp³-hybridized carbons (Fsp3) is 0.176. The fourth-order valence-electron chi connectivity index (χ4n) is 2.12. The summed E-state index contributed by atoms with van der Waals surface area (Å²) in [5.74, 6) is -0.216. The second-order valence-electron chi connectivity index (χ2n) is 5.13. The predicted octanol–water partition coefficient (Wildman–Crippen LogP) is 4.28. The first kappa shape index (κ1) is 16.9. The fourth-order valence-corrected chi connectivity index (χ4v) is 3.47. The van der Waals surface area contributed by atoms with Crippen LogP contribution in [-0.2, 0) is 11.3 Å². The van der Waals surface area contributed by atoms with Crippen LogP contribution in [-0.4, -0.2) is 17.0 Å². The summed E-state index contributed by atoms with van der Waals surface area (Å²) < 4.78 is 20.2. The van der Waals surface area contributed by atoms with E-state index in [0.717, 1.165) is 15.2 Å². The molecule has 3 rings (SSSR count). The number of nitrogens with zero attached hydrogens (tertiary/aromatic N) is 1. The number of carbonyl (C=O) groups excluding carboxylic acids is 1. The Bertz CT molecular complexity index is 851. The molecule has 1 unspecified atom stereocenters. The van der Waals surface area contributed by atoms with E-state index in [-0.39, 0.29) is 11.7 Å². The van der Waals surface area contributed by atoms with Gasteiger partial charge < -0.3 is 10.1 Å². The van der Waals surface area contributed by atoms with Crippen molar-refractivity contribution in [1.29, 1.82) is 0 Å². The summed E-state index contributed by atoms with van der Waals surface area (Å²) in [6.07, 6.45) is -0.707. The highest BCUT2D eigenvalue weighted by molar-refractivity contribution is 9.10. The van der Waals surface area contributed by atoms with Gasteiger partial charge in [0.05, 0.1) is 21.2 Å². The van der Waals surface area contributed by atoms with Gasteiger partial charge in [0.1, 0.15) is 16.6 Å². The molecule has 0 saturated heterocycles. The van der Waals surface area contributed by atoms with Crippen molar-refractivity contribution in [2.24, 2.45) is 0 Å². The third-order valence-corrected chi connectivity index (χ3v) is 4.98. The first-order valence-electron chi connectivity index (χ1n) is 7.27. The van der Waals surface area contributed by atoms with Crippen LogP contribution in [0.25, 0.3) is 10.2 Å². The summed E-state index contributed by atoms with van der Waals surface area (Å²) in [4.78, 5) is 16.6. The molecule has 0 aliphatic heterocycles. The van der Waals surface area contributed by atoms with Crippen LogP contribution in [0.4, 0.5) is 4.39 Å². The molecule has 24 heavy (non-hydrogen) atoms. The Kier molecular flexibility index (Phi) is 5.11. The number of amides is 1. The summed E-state index contributed by atoms with van der Waals surface area (Å²) in [5, 5.41) is 3.64. The van der Waals surface area contributed by atoms with Gasteiger partial charge in [0.25, 0.3) is 5.91 Å². The molecular weight excluding hydrogens is 395 g/mol. The van der Waals surface area contributed by atoms with Gasteiger partial charge in [0.2, 0.25) is 0 Å². The van der Waals surface area contributed by atoms with Crippen molar-refractivity contribution < 1.29 is 13.9 Å². The number of halogens is 2. The minimum absolute atomic E-state index is 0.259. The molecular formula is C17H14BrFN2O2S. The first-order valence-corrected chi connectivity index (χ1v) is 8.88. The maximum Gasteiger partial charge on any atom is 0.261 e. The Morgan fingerprint density at radius 3 is 2.92 bits per heavy atom. The normalized spacial score (nSPS) is 12.1. The van der Waals surface area contributed by atoms with E-state index < -0.39 is 6.10 Å². The molecule has 0 radical (unpaired) electrons. The number of fused-ring (bicyclic) bond motifs is 1. The molecule has 2 aromatic carbocycles. The van der Waals surface area contributed by atoms with E-state index in [9.17, 15) is 9.18 Å². The predicted molar refractivity (Wildman–Crippen MR) is 95.7 cm³/mol. The van der Waals surface area contributed by atoms with Crippen molar-refractivity contribution in [3.63, 3.8) is 0 Å². The highest BCUT2D eigenvalue weighted by Crippen LogP contribution is 2.26. The van der Waals surface area contributed by atoms with Crippen molar-refractivity contribution in [1.82, 2.24) is 10.3 Å². The van der Waals surface area contributed by atoms with Gasteiger partial charge in [-0.15, -0.1) is 11.3 Å². The molecule has 1 atom stereocenters. The first-order chi connectivity index (χ1) is 11.5. The second-order valence-corrected chi connectivity index (χ2v) is 7.10. The molecule has 1 amide bonds. The third-order valence-electron chi connectivity index (χ3n) is 3.32. The molecule has 1 aromatic heterocycles. The van der Waals surface area contributed by atoms with Crippen LogP contribution in [0.2, 0.25) is 0 Å². The summed E-state index contributed by atoms with van der Waals surface area (Å²) in [5.41, 5.74) is 0.922. The molecule has 3 aromatic rings. The maximum atomic E-state index is 13.1. The van der Waals surface area contributed by atoms with Crippen molar-refractivity contribution >= 4 is 43.4 Å². The standard InChI is InChI=1S/C17H14BrFN2O2S/c1-10(23-14-7-6-11(19)8-12(14)18)17(22)20-9-16-21-13-4-2-3-5-15(13)24-16/h2-8,10H,9H2,1H3,(H,20,22). The van der Waals surface area contributed by atoms with Crippen LogP contribution in [0, 0.1) is 5.82 Å². The van der Waals surface area contributed by atoms with Crippen molar-refractivity contribution in [2.75, 3.05) is 0 Å². The van der Waals surface area contributed by atoms with Crippen LogP contribution in [0.1, 0.15) is 11.9 Å². The Labute approximate surface area is 150 Å². The Hall–Kier alpha value is -1.99. The van der Waals surface area contributed by atoms with Gasteiger partial charge in [0, 0.05) is 0 Å². The molecule has 0 fully saturated rings. The number of rotatable bonds is 5. The number of nitrogens with one attached hydrogen (secondary N) is 1. The molecule has 0 aliphatic rings. The lowest BCUT2D eigenvalue weighted by atomic mass is 10.3. The van der Waals surface area contributed by atoms with Gasteiger partial charge in [-0.3, -0.25) is 4.79 Å². The highest BCUT2D eigenvalue weighted by atomic mass is 79.9. The molecule has 124 valence electrons. The Balaban J connectivity index is 1.59. The Morgan fingerprint density at radius 2 is 2.17 bits per heavy atom. The zero-order valence-corrected chi connectivity index (χ0v) is 15.2. The van der Waals surface area contributed by atoms with E-state index in [2.05, 4.69) is 26.2 Å². The highest BCUT2D eigenvalue weighted by Gasteiger charge is 2.16. The van der Waals surface area contributed by atoms with Gasteiger partial charge in [-0.05, 0) is 53.2 Å². The van der Waals surface area contributed by atoms with Gasteiger partial charge in [-0.25, -0.2) is 9.37 Å². The summed E-state index contributed by atoms with van der Waals surface area (Å²) in [6.45, 7) is 1.99. The number of thiazole rings is 1. The van der Waals surface area contributed by atoms with Crippen molar-refractivity contribution in [3.05, 3.63) is 57.8 Å². The van der Waals surface area contributed by atoms with Crippen LogP contribution >= 0.6 is 27.3 Å². The molecule has 4 nitrogen and oxygen atoms in total. The SMILES string of the molecule is CC(Oc1ccc(F)cc1Br)C(=O)NCc1nc2ccccc2s1. The van der Waals surface area contributed by atoms with Crippen molar-refractivity contribution in [3.8, 4) is 5.75 Å². The lowest BCUT2D eigenvalue weighted by Gasteiger charge is -2.15. The average molecular weight is 409 g/mol. The summed E-state index contributed by atoms with van der Waals surface area (Å²) in [7, 11) is 0. The minimum Gasteiger partial charge on any atom is -0.480 e. The largest absolute Gasteiger partial charge is 0.480 e. The summed E-state index contributed by atoms with van der Waals surface area (Å²) >= 11 is 4.76. The number of benzene rings is 2. The molecule has 7 heteroatoms. The smallest absolute Gasteiger partial charge is 0.261 e. The van der Waals surface area contributed by atoms with E-state index in [4.69, 9.17) is 4.74 Å². The van der Waals surface area contributed by atoms with Gasteiger partial charge in [-0.2, -0.15) is 0 Å². The van der Waals surface area contributed by atoms with Gasteiger partial charge in [-0.1, -0.05) is 12.1 Å². The number of hydrogen-bond donors (Lipinski definition) is 1. The topological polar surface area (TPSA) is 51.2 Å². The van der Waals surface area contributed by atoms with Crippen LogP contribution in [0.15, 0.2) is 46.9 Å². The van der Waals surface area contributed by atoms with Crippen LogP contribution in [0.3, 0.4) is 0 Å². The van der Waals surface area contributed by atoms with E-state index >= 15 is 0 Å². The summed E-state index contributed by atoms with van der Waals surface area (Å²) in [6, 6.07) is 11.9. The molecule has 0 bridgehead atoms. The average Bonchev–Trinajstić information content (AvgIpc) is 2.98. The van der Waals surface area contributed by atoms with E-state index in [1.54, 1.807) is 18.3 Å². The molecule has 1 heterocycles. The van der Waals surface area contributed by atoms with Gasteiger partial charge in [0.15, 0.2) is 6.10 Å². The minimum atomic E-state index is -0.707. The lowest BCUT2D eigenvalue weighted by Crippen LogP contribution is -2.35. The monoisotopic (exact) mass is 408 g/mol. The van der Waals surface area contributed by atoms with Gasteiger partial charge >= 0.3 is 0 Å². The zero-order chi connectivity index (χ0) is 17.1. The zero-order valence-electron chi connectivity index (χ0n) is 12.8. The maximum absolute atomic E-state index is 13.1. The van der Waals surface area contributed by atoms with Crippen LogP contribution in [0.5, 0.6) is 5.75 Å². The molecule has 0 aliphatic carbocycles.